The quantitative estimate of drug-likeness (QED) is 0.664. The van der Waals surface area contributed by atoms with Gasteiger partial charge in [0.1, 0.15) is 0 Å². The van der Waals surface area contributed by atoms with E-state index in [1.165, 1.54) is 0 Å². The van der Waals surface area contributed by atoms with E-state index in [0.29, 0.717) is 17.7 Å². The van der Waals surface area contributed by atoms with Gasteiger partial charge in [-0.05, 0) is 19.8 Å². The van der Waals surface area contributed by atoms with Crippen LogP contribution in [0.2, 0.25) is 0 Å². The predicted molar refractivity (Wildman–Crippen MR) is 45.5 cm³/mol. The summed E-state index contributed by atoms with van der Waals surface area (Å²) in [7, 11) is 0. The Bertz CT molecular complexity index is 150. The van der Waals surface area contributed by atoms with Crippen LogP contribution in [0.5, 0.6) is 0 Å². The zero-order chi connectivity index (χ0) is 8.43. The van der Waals surface area contributed by atoms with Gasteiger partial charge in [0.05, 0.1) is 6.04 Å². The Balaban J connectivity index is 2.27. The van der Waals surface area contributed by atoms with Gasteiger partial charge in [0.2, 0.25) is 0 Å². The monoisotopic (exact) mass is 155 g/mol. The third kappa shape index (κ3) is 2.62. The molecule has 0 heterocycles. The lowest BCUT2D eigenvalue weighted by molar-refractivity contribution is -0.122. The van der Waals surface area contributed by atoms with Crippen molar-refractivity contribution in [2.24, 2.45) is 5.92 Å². The number of ketones is 1. The Kier molecular flexibility index (Phi) is 2.66. The average molecular weight is 155 g/mol. The highest BCUT2D eigenvalue weighted by molar-refractivity contribution is 5.87. The molecule has 1 unspecified atom stereocenters. The molecule has 0 aromatic rings. The zero-order valence-electron chi connectivity index (χ0n) is 7.55. The molecule has 0 amide bonds. The molecule has 1 fully saturated rings. The van der Waals surface area contributed by atoms with Gasteiger partial charge in [0.25, 0.3) is 0 Å². The maximum atomic E-state index is 11.4. The fraction of sp³-hybridized carbons (Fsp3) is 0.889. The highest BCUT2D eigenvalue weighted by Crippen LogP contribution is 2.30. The molecule has 0 aromatic heterocycles. The summed E-state index contributed by atoms with van der Waals surface area (Å²) in [6.45, 7) is 6.09. The van der Waals surface area contributed by atoms with Crippen LogP contribution in [0.25, 0.3) is 0 Å². The zero-order valence-corrected chi connectivity index (χ0v) is 7.55. The first-order chi connectivity index (χ1) is 5.11. The molecule has 0 bridgehead atoms. The molecule has 1 aliphatic carbocycles. The molecule has 1 saturated carbocycles. The first-order valence-electron chi connectivity index (χ1n) is 4.41. The van der Waals surface area contributed by atoms with Gasteiger partial charge in [0.15, 0.2) is 5.78 Å². The van der Waals surface area contributed by atoms with Crippen molar-refractivity contribution in [3.8, 4) is 0 Å². The maximum Gasteiger partial charge on any atom is 0.152 e. The summed E-state index contributed by atoms with van der Waals surface area (Å²) in [6, 6.07) is 0.468. The fourth-order valence-corrected chi connectivity index (χ4v) is 1.30. The van der Waals surface area contributed by atoms with Crippen LogP contribution in [0, 0.1) is 5.92 Å². The minimum Gasteiger partial charge on any atom is -0.305 e. The van der Waals surface area contributed by atoms with Crippen LogP contribution >= 0.6 is 0 Å². The first-order valence-corrected chi connectivity index (χ1v) is 4.41. The number of hydrogen-bond acceptors (Lipinski definition) is 2. The number of carbonyl (C=O) groups is 1. The second-order valence-electron chi connectivity index (χ2n) is 3.72. The molecule has 0 aliphatic heterocycles. The van der Waals surface area contributed by atoms with Crippen LogP contribution in [0.3, 0.4) is 0 Å². The van der Waals surface area contributed by atoms with Gasteiger partial charge in [0, 0.05) is 12.0 Å². The number of nitrogens with one attached hydrogen (secondary N) is 1. The van der Waals surface area contributed by atoms with Crippen molar-refractivity contribution in [2.75, 3.05) is 0 Å². The largest absolute Gasteiger partial charge is 0.305 e. The van der Waals surface area contributed by atoms with Gasteiger partial charge in [-0.2, -0.15) is 0 Å². The van der Waals surface area contributed by atoms with Gasteiger partial charge in [-0.3, -0.25) is 4.79 Å². The average Bonchev–Trinajstić information content (AvgIpc) is 2.65. The Morgan fingerprint density at radius 3 is 2.27 bits per heavy atom. The fourth-order valence-electron chi connectivity index (χ4n) is 1.30. The predicted octanol–water partition coefficient (Wildman–Crippen LogP) is 1.35. The molecular formula is C9H17NO. The second kappa shape index (κ2) is 3.35. The molecule has 2 heteroatoms. The van der Waals surface area contributed by atoms with Crippen molar-refractivity contribution in [3.63, 3.8) is 0 Å². The van der Waals surface area contributed by atoms with E-state index in [0.717, 1.165) is 12.8 Å². The van der Waals surface area contributed by atoms with Crippen LogP contribution in [-0.4, -0.2) is 17.9 Å². The molecule has 1 rings (SSSR count). The molecule has 1 N–H and O–H groups in total. The van der Waals surface area contributed by atoms with Crippen LogP contribution < -0.4 is 5.32 Å². The summed E-state index contributed by atoms with van der Waals surface area (Å²) in [5.74, 6) is 0.787. The molecule has 2 nitrogen and oxygen atoms in total. The van der Waals surface area contributed by atoms with Crippen molar-refractivity contribution in [1.82, 2.24) is 5.32 Å². The molecule has 1 atom stereocenters. The Morgan fingerprint density at radius 2 is 1.91 bits per heavy atom. The van der Waals surface area contributed by atoms with E-state index in [1.54, 1.807) is 0 Å². The topological polar surface area (TPSA) is 29.1 Å². The number of Topliss-reactive ketones (excluding diaryl/α,β-unsaturated/α-hetero) is 1. The molecule has 1 aliphatic rings. The summed E-state index contributed by atoms with van der Waals surface area (Å²) in [5.41, 5.74) is 0. The third-order valence-electron chi connectivity index (χ3n) is 1.99. The summed E-state index contributed by atoms with van der Waals surface area (Å²) >= 11 is 0. The molecule has 11 heavy (non-hydrogen) atoms. The van der Waals surface area contributed by atoms with E-state index < -0.39 is 0 Å². The lowest BCUT2D eigenvalue weighted by Gasteiger charge is -2.14. The molecule has 0 saturated heterocycles. The molecule has 0 aromatic carbocycles. The van der Waals surface area contributed by atoms with Crippen molar-refractivity contribution < 1.29 is 4.79 Å². The summed E-state index contributed by atoms with van der Waals surface area (Å²) < 4.78 is 0. The van der Waals surface area contributed by atoms with E-state index in [1.807, 2.05) is 6.92 Å². The molecular weight excluding hydrogens is 138 g/mol. The van der Waals surface area contributed by atoms with E-state index >= 15 is 0 Å². The highest BCUT2D eigenvalue weighted by atomic mass is 16.1. The van der Waals surface area contributed by atoms with Crippen molar-refractivity contribution >= 4 is 5.78 Å². The Morgan fingerprint density at radius 1 is 1.36 bits per heavy atom. The van der Waals surface area contributed by atoms with Gasteiger partial charge < -0.3 is 5.32 Å². The van der Waals surface area contributed by atoms with E-state index in [9.17, 15) is 4.79 Å². The van der Waals surface area contributed by atoms with E-state index in [4.69, 9.17) is 0 Å². The van der Waals surface area contributed by atoms with Crippen molar-refractivity contribution in [3.05, 3.63) is 0 Å². The van der Waals surface area contributed by atoms with Crippen LogP contribution in [0.4, 0.5) is 0 Å². The minimum absolute atomic E-state index is 0.0579. The second-order valence-corrected chi connectivity index (χ2v) is 3.72. The van der Waals surface area contributed by atoms with Crippen LogP contribution in [-0.2, 0) is 4.79 Å². The lowest BCUT2D eigenvalue weighted by Crippen LogP contribution is -2.39. The lowest BCUT2D eigenvalue weighted by atomic mass is 10.1. The summed E-state index contributed by atoms with van der Waals surface area (Å²) in [6.07, 6.45) is 2.23. The molecule has 0 radical (unpaired) electrons. The van der Waals surface area contributed by atoms with Crippen molar-refractivity contribution in [1.29, 1.82) is 0 Å². The standard InChI is InChI=1S/C9H17NO/c1-6(2)10-7(3)9(11)8-4-5-8/h6-8,10H,4-5H2,1-3H3. The summed E-state index contributed by atoms with van der Waals surface area (Å²) in [5, 5.41) is 3.21. The number of rotatable bonds is 4. The number of hydrogen-bond donors (Lipinski definition) is 1. The Labute approximate surface area is 68.4 Å². The normalized spacial score (nSPS) is 20.4. The van der Waals surface area contributed by atoms with Gasteiger partial charge in [-0.15, -0.1) is 0 Å². The van der Waals surface area contributed by atoms with Crippen LogP contribution in [0.15, 0.2) is 0 Å². The first kappa shape index (κ1) is 8.72. The molecule has 64 valence electrons. The summed E-state index contributed by atoms with van der Waals surface area (Å²) in [4.78, 5) is 11.4. The van der Waals surface area contributed by atoms with Gasteiger partial charge in [-0.1, -0.05) is 13.8 Å². The highest BCUT2D eigenvalue weighted by Gasteiger charge is 2.32. The van der Waals surface area contributed by atoms with Crippen molar-refractivity contribution in [2.45, 2.75) is 45.7 Å². The SMILES string of the molecule is CC(C)NC(C)C(=O)C1CC1. The maximum absolute atomic E-state index is 11.4. The van der Waals surface area contributed by atoms with Gasteiger partial charge >= 0.3 is 0 Å². The number of carbonyl (C=O) groups excluding carboxylic acids is 1. The Hall–Kier alpha value is -0.370. The van der Waals surface area contributed by atoms with E-state index in [-0.39, 0.29) is 6.04 Å². The third-order valence-corrected chi connectivity index (χ3v) is 1.99. The smallest absolute Gasteiger partial charge is 0.152 e. The van der Waals surface area contributed by atoms with Gasteiger partial charge in [-0.25, -0.2) is 0 Å². The minimum atomic E-state index is 0.0579. The molecule has 0 spiro atoms. The van der Waals surface area contributed by atoms with E-state index in [2.05, 4.69) is 19.2 Å². The van der Waals surface area contributed by atoms with Crippen LogP contribution in [0.1, 0.15) is 33.6 Å².